The summed E-state index contributed by atoms with van der Waals surface area (Å²) in [7, 11) is 0. The molecule has 0 fully saturated rings. The molecule has 0 aromatic carbocycles. The van der Waals surface area contributed by atoms with Gasteiger partial charge in [0.1, 0.15) is 10.6 Å². The largest absolute Gasteiger partial charge is 0.388 e. The van der Waals surface area contributed by atoms with Crippen molar-refractivity contribution in [1.29, 1.82) is 0 Å². The molecule has 2 rings (SSSR count). The third kappa shape index (κ3) is 3.83. The van der Waals surface area contributed by atoms with Gasteiger partial charge in [0.2, 0.25) is 5.95 Å². The molecule has 116 valence electrons. The van der Waals surface area contributed by atoms with Crippen molar-refractivity contribution < 1.29 is 5.11 Å². The van der Waals surface area contributed by atoms with Gasteiger partial charge in [-0.1, -0.05) is 13.8 Å². The summed E-state index contributed by atoms with van der Waals surface area (Å²) < 4.78 is 0. The van der Waals surface area contributed by atoms with Gasteiger partial charge < -0.3 is 15.7 Å². The molecule has 0 amide bonds. The zero-order chi connectivity index (χ0) is 15.5. The van der Waals surface area contributed by atoms with E-state index < -0.39 is 5.60 Å². The van der Waals surface area contributed by atoms with Gasteiger partial charge in [0.15, 0.2) is 0 Å². The minimum atomic E-state index is -0.737. The second-order valence-electron chi connectivity index (χ2n) is 5.42. The number of nitrogens with one attached hydrogen (secondary N) is 2. The molecule has 0 aliphatic rings. The van der Waals surface area contributed by atoms with Crippen LogP contribution in [0.3, 0.4) is 0 Å². The number of aryl methyl sites for hydroxylation is 1. The molecule has 2 aromatic heterocycles. The van der Waals surface area contributed by atoms with E-state index in [1.165, 1.54) is 4.88 Å². The molecule has 0 saturated carbocycles. The summed E-state index contributed by atoms with van der Waals surface area (Å²) in [6, 6.07) is 2.14. The molecule has 2 heterocycles. The molecular formula is C15H24N4OS. The van der Waals surface area contributed by atoms with Gasteiger partial charge in [-0.2, -0.15) is 4.98 Å². The highest BCUT2D eigenvalue weighted by Crippen LogP contribution is 2.30. The van der Waals surface area contributed by atoms with Gasteiger partial charge in [-0.05, 0) is 32.8 Å². The topological polar surface area (TPSA) is 70.1 Å². The maximum absolute atomic E-state index is 10.2. The van der Waals surface area contributed by atoms with E-state index in [0.717, 1.165) is 29.0 Å². The van der Waals surface area contributed by atoms with Crippen LogP contribution in [0.1, 0.15) is 39.0 Å². The molecular weight excluding hydrogens is 284 g/mol. The number of aliphatic hydroxyl groups is 1. The highest BCUT2D eigenvalue weighted by atomic mass is 32.1. The Morgan fingerprint density at radius 2 is 2.00 bits per heavy atom. The van der Waals surface area contributed by atoms with Crippen molar-refractivity contribution in [1.82, 2.24) is 9.97 Å². The SMILES string of the molecule is CCNc1nc(NCC(C)(O)CC)c2cc(CC)sc2n1. The summed E-state index contributed by atoms with van der Waals surface area (Å²) in [6.07, 6.45) is 1.68. The van der Waals surface area contributed by atoms with Crippen LogP contribution in [0, 0.1) is 0 Å². The Morgan fingerprint density at radius 1 is 1.24 bits per heavy atom. The normalized spacial score (nSPS) is 14.1. The maximum atomic E-state index is 10.2. The fourth-order valence-electron chi connectivity index (χ4n) is 1.92. The van der Waals surface area contributed by atoms with Crippen LogP contribution in [0.4, 0.5) is 11.8 Å². The summed E-state index contributed by atoms with van der Waals surface area (Å²) in [5.41, 5.74) is -0.737. The van der Waals surface area contributed by atoms with Crippen LogP contribution < -0.4 is 10.6 Å². The predicted octanol–water partition coefficient (Wildman–Crippen LogP) is 3.26. The summed E-state index contributed by atoms with van der Waals surface area (Å²) in [5, 5.41) is 17.6. The average Bonchev–Trinajstić information content (AvgIpc) is 2.88. The quantitative estimate of drug-likeness (QED) is 0.732. The molecule has 0 spiro atoms. The van der Waals surface area contributed by atoms with Crippen LogP contribution in [0.2, 0.25) is 0 Å². The van der Waals surface area contributed by atoms with Crippen LogP contribution in [-0.2, 0) is 6.42 Å². The number of hydrogen-bond donors (Lipinski definition) is 3. The summed E-state index contributed by atoms with van der Waals surface area (Å²) >= 11 is 1.70. The molecule has 5 nitrogen and oxygen atoms in total. The molecule has 2 aromatic rings. The Balaban J connectivity index is 2.36. The van der Waals surface area contributed by atoms with E-state index in [9.17, 15) is 5.11 Å². The van der Waals surface area contributed by atoms with Gasteiger partial charge in [-0.15, -0.1) is 11.3 Å². The fraction of sp³-hybridized carbons (Fsp3) is 0.600. The second kappa shape index (κ2) is 6.58. The van der Waals surface area contributed by atoms with Crippen molar-refractivity contribution in [3.8, 4) is 0 Å². The minimum Gasteiger partial charge on any atom is -0.388 e. The van der Waals surface area contributed by atoms with Crippen molar-refractivity contribution in [2.45, 2.75) is 46.1 Å². The Kier molecular flexibility index (Phi) is 5.00. The number of fused-ring (bicyclic) bond motifs is 1. The average molecular weight is 308 g/mol. The molecule has 3 N–H and O–H groups in total. The Labute approximate surface area is 129 Å². The Bertz CT molecular complexity index is 609. The molecule has 0 bridgehead atoms. The lowest BCUT2D eigenvalue weighted by molar-refractivity contribution is 0.0697. The van der Waals surface area contributed by atoms with Gasteiger partial charge in [-0.3, -0.25) is 0 Å². The molecule has 1 atom stereocenters. The van der Waals surface area contributed by atoms with Crippen molar-refractivity contribution in [3.05, 3.63) is 10.9 Å². The number of aromatic nitrogens is 2. The number of anilines is 2. The summed E-state index contributed by atoms with van der Waals surface area (Å²) in [5.74, 6) is 1.42. The van der Waals surface area contributed by atoms with Crippen molar-refractivity contribution in [2.24, 2.45) is 0 Å². The minimum absolute atomic E-state index is 0.471. The van der Waals surface area contributed by atoms with Gasteiger partial charge in [-0.25, -0.2) is 4.98 Å². The predicted molar refractivity (Wildman–Crippen MR) is 90.4 cm³/mol. The second-order valence-corrected chi connectivity index (χ2v) is 6.53. The third-order valence-corrected chi connectivity index (χ3v) is 4.70. The molecule has 0 aliphatic carbocycles. The number of hydrogen-bond acceptors (Lipinski definition) is 6. The fourth-order valence-corrected chi connectivity index (χ4v) is 2.88. The van der Waals surface area contributed by atoms with E-state index in [2.05, 4.69) is 33.6 Å². The zero-order valence-electron chi connectivity index (χ0n) is 13.2. The van der Waals surface area contributed by atoms with Crippen LogP contribution in [0.25, 0.3) is 10.2 Å². The Hall–Kier alpha value is -1.40. The molecule has 0 saturated heterocycles. The van der Waals surface area contributed by atoms with Gasteiger partial charge >= 0.3 is 0 Å². The van der Waals surface area contributed by atoms with Crippen LogP contribution in [0.5, 0.6) is 0 Å². The van der Waals surface area contributed by atoms with Crippen LogP contribution >= 0.6 is 11.3 Å². The van der Waals surface area contributed by atoms with E-state index in [0.29, 0.717) is 18.9 Å². The zero-order valence-corrected chi connectivity index (χ0v) is 14.0. The van der Waals surface area contributed by atoms with Crippen molar-refractivity contribution in [2.75, 3.05) is 23.7 Å². The number of nitrogens with zero attached hydrogens (tertiary/aromatic N) is 2. The summed E-state index contributed by atoms with van der Waals surface area (Å²) in [6.45, 7) is 9.21. The highest BCUT2D eigenvalue weighted by Gasteiger charge is 2.19. The first-order valence-electron chi connectivity index (χ1n) is 7.49. The van der Waals surface area contributed by atoms with Crippen molar-refractivity contribution >= 4 is 33.3 Å². The van der Waals surface area contributed by atoms with E-state index in [1.807, 2.05) is 20.8 Å². The van der Waals surface area contributed by atoms with Crippen LogP contribution in [0.15, 0.2) is 6.07 Å². The molecule has 0 aliphatic heterocycles. The van der Waals surface area contributed by atoms with E-state index in [-0.39, 0.29) is 0 Å². The monoisotopic (exact) mass is 308 g/mol. The standard InChI is InChI=1S/C15H24N4OS/c1-5-10-8-11-12(17-9-15(4,20)6-2)18-14(16-7-3)19-13(11)21-10/h8,20H,5-7,9H2,1-4H3,(H2,16,17,18,19). The highest BCUT2D eigenvalue weighted by molar-refractivity contribution is 7.18. The lowest BCUT2D eigenvalue weighted by Crippen LogP contribution is -2.32. The molecule has 1 unspecified atom stereocenters. The molecule has 6 heteroatoms. The smallest absolute Gasteiger partial charge is 0.226 e. The summed E-state index contributed by atoms with van der Waals surface area (Å²) in [4.78, 5) is 11.4. The van der Waals surface area contributed by atoms with E-state index in [1.54, 1.807) is 11.3 Å². The molecule has 0 radical (unpaired) electrons. The first-order valence-corrected chi connectivity index (χ1v) is 8.31. The van der Waals surface area contributed by atoms with Gasteiger partial charge in [0.25, 0.3) is 0 Å². The van der Waals surface area contributed by atoms with Crippen LogP contribution in [-0.4, -0.2) is 33.8 Å². The lowest BCUT2D eigenvalue weighted by atomic mass is 10.0. The first kappa shape index (κ1) is 16.0. The first-order chi connectivity index (χ1) is 9.99. The van der Waals surface area contributed by atoms with E-state index in [4.69, 9.17) is 0 Å². The number of rotatable bonds is 7. The number of thiophene rings is 1. The van der Waals surface area contributed by atoms with Gasteiger partial charge in [0, 0.05) is 18.0 Å². The van der Waals surface area contributed by atoms with Crippen molar-refractivity contribution in [3.63, 3.8) is 0 Å². The Morgan fingerprint density at radius 3 is 2.62 bits per heavy atom. The maximum Gasteiger partial charge on any atom is 0.226 e. The molecule has 21 heavy (non-hydrogen) atoms. The van der Waals surface area contributed by atoms with Gasteiger partial charge in [0.05, 0.1) is 11.0 Å². The third-order valence-electron chi connectivity index (χ3n) is 3.53. The lowest BCUT2D eigenvalue weighted by Gasteiger charge is -2.22. The van der Waals surface area contributed by atoms with E-state index >= 15 is 0 Å².